The highest BCUT2D eigenvalue weighted by Crippen LogP contribution is 2.31. The van der Waals surface area contributed by atoms with Gasteiger partial charge in [-0.15, -0.1) is 11.3 Å². The van der Waals surface area contributed by atoms with E-state index in [-0.39, 0.29) is 11.2 Å². The van der Waals surface area contributed by atoms with E-state index in [0.717, 1.165) is 42.6 Å². The number of benzene rings is 1. The van der Waals surface area contributed by atoms with Crippen molar-refractivity contribution in [2.75, 3.05) is 18.4 Å². The molecule has 1 atom stereocenters. The van der Waals surface area contributed by atoms with Crippen LogP contribution in [-0.4, -0.2) is 35.0 Å². The first kappa shape index (κ1) is 18.7. The molecule has 1 fully saturated rings. The molecule has 1 aromatic carbocycles. The van der Waals surface area contributed by atoms with Crippen LogP contribution in [0.15, 0.2) is 35.7 Å². The number of piperidine rings is 1. The molecule has 2 heterocycles. The maximum Gasteiger partial charge on any atom is 0.434 e. The number of rotatable bonds is 4. The van der Waals surface area contributed by atoms with Gasteiger partial charge >= 0.3 is 12.2 Å². The smallest absolute Gasteiger partial charge is 0.334 e. The van der Waals surface area contributed by atoms with Crippen LogP contribution in [0.5, 0.6) is 0 Å². The summed E-state index contributed by atoms with van der Waals surface area (Å²) in [7, 11) is 0. The van der Waals surface area contributed by atoms with Gasteiger partial charge in [0.1, 0.15) is 0 Å². The van der Waals surface area contributed by atoms with E-state index in [1.807, 2.05) is 18.2 Å². The van der Waals surface area contributed by atoms with Gasteiger partial charge in [-0.2, -0.15) is 13.2 Å². The zero-order chi connectivity index (χ0) is 18.6. The van der Waals surface area contributed by atoms with Crippen LogP contribution in [0.3, 0.4) is 0 Å². The number of thiazole rings is 1. The fraction of sp³-hybridized carbons (Fsp3) is 0.412. The first-order valence-corrected chi connectivity index (χ1v) is 9.14. The minimum atomic E-state index is -4.51. The van der Waals surface area contributed by atoms with Crippen LogP contribution in [0.2, 0.25) is 0 Å². The number of carbonyl (C=O) groups is 1. The SMILES string of the molecule is O=C(Nc1nc(C(F)(F)F)cs1)NC1CCCN(Cc2ccccc2)C1. The van der Waals surface area contributed by atoms with Crippen molar-refractivity contribution in [3.05, 3.63) is 47.0 Å². The van der Waals surface area contributed by atoms with Crippen molar-refractivity contribution < 1.29 is 18.0 Å². The summed E-state index contributed by atoms with van der Waals surface area (Å²) in [5.74, 6) is 0. The standard InChI is InChI=1S/C17H19F3N4OS/c18-17(19,20)14-11-26-16(22-14)23-15(25)21-13-7-4-8-24(10-13)9-12-5-2-1-3-6-12/h1-3,5-6,11,13H,4,7-10H2,(H2,21,22,23,25). The fourth-order valence-corrected chi connectivity index (χ4v) is 3.65. The predicted octanol–water partition coefficient (Wildman–Crippen LogP) is 3.95. The summed E-state index contributed by atoms with van der Waals surface area (Å²) < 4.78 is 37.6. The Morgan fingerprint density at radius 3 is 2.77 bits per heavy atom. The first-order chi connectivity index (χ1) is 12.4. The molecule has 26 heavy (non-hydrogen) atoms. The van der Waals surface area contributed by atoms with E-state index >= 15 is 0 Å². The molecule has 0 aliphatic carbocycles. The van der Waals surface area contributed by atoms with Crippen LogP contribution in [0.4, 0.5) is 23.1 Å². The van der Waals surface area contributed by atoms with Crippen LogP contribution in [0, 0.1) is 0 Å². The third-order valence-electron chi connectivity index (χ3n) is 4.10. The van der Waals surface area contributed by atoms with Gasteiger partial charge in [0.2, 0.25) is 0 Å². The van der Waals surface area contributed by atoms with E-state index in [1.54, 1.807) is 0 Å². The van der Waals surface area contributed by atoms with Gasteiger partial charge in [-0.25, -0.2) is 9.78 Å². The van der Waals surface area contributed by atoms with Crippen molar-refractivity contribution in [3.8, 4) is 0 Å². The summed E-state index contributed by atoms with van der Waals surface area (Å²) >= 11 is 0.756. The summed E-state index contributed by atoms with van der Waals surface area (Å²) in [5.41, 5.74) is 0.213. The number of carbonyl (C=O) groups excluding carboxylic acids is 1. The Kier molecular flexibility index (Phi) is 5.77. The zero-order valence-electron chi connectivity index (χ0n) is 13.9. The van der Waals surface area contributed by atoms with E-state index in [9.17, 15) is 18.0 Å². The molecule has 2 amide bonds. The Bertz CT molecular complexity index is 735. The number of likely N-dealkylation sites (tertiary alicyclic amines) is 1. The average molecular weight is 384 g/mol. The van der Waals surface area contributed by atoms with Crippen molar-refractivity contribution in [1.29, 1.82) is 0 Å². The normalized spacial score (nSPS) is 18.5. The molecule has 2 aromatic rings. The third-order valence-corrected chi connectivity index (χ3v) is 4.86. The number of nitrogens with one attached hydrogen (secondary N) is 2. The molecular formula is C17H19F3N4OS. The number of aromatic nitrogens is 1. The average Bonchev–Trinajstić information content (AvgIpc) is 3.05. The maximum absolute atomic E-state index is 12.5. The molecule has 0 spiro atoms. The lowest BCUT2D eigenvalue weighted by molar-refractivity contribution is -0.140. The number of anilines is 1. The van der Waals surface area contributed by atoms with E-state index in [4.69, 9.17) is 0 Å². The molecule has 140 valence electrons. The number of hydrogen-bond donors (Lipinski definition) is 2. The summed E-state index contributed by atoms with van der Waals surface area (Å²) in [6, 6.07) is 9.50. The highest BCUT2D eigenvalue weighted by atomic mass is 32.1. The highest BCUT2D eigenvalue weighted by Gasteiger charge is 2.34. The van der Waals surface area contributed by atoms with Crippen LogP contribution < -0.4 is 10.6 Å². The first-order valence-electron chi connectivity index (χ1n) is 8.26. The van der Waals surface area contributed by atoms with Crippen molar-refractivity contribution in [3.63, 3.8) is 0 Å². The second-order valence-electron chi connectivity index (χ2n) is 6.19. The van der Waals surface area contributed by atoms with Gasteiger partial charge < -0.3 is 5.32 Å². The molecule has 9 heteroatoms. The second-order valence-corrected chi connectivity index (χ2v) is 7.05. The molecule has 0 saturated carbocycles. The third kappa shape index (κ3) is 5.18. The highest BCUT2D eigenvalue weighted by molar-refractivity contribution is 7.13. The quantitative estimate of drug-likeness (QED) is 0.839. The van der Waals surface area contributed by atoms with Gasteiger partial charge in [-0.3, -0.25) is 10.2 Å². The van der Waals surface area contributed by atoms with Crippen molar-refractivity contribution in [1.82, 2.24) is 15.2 Å². The molecule has 1 aromatic heterocycles. The lowest BCUT2D eigenvalue weighted by Gasteiger charge is -2.33. The van der Waals surface area contributed by atoms with Crippen LogP contribution in [0.25, 0.3) is 0 Å². The fourth-order valence-electron chi connectivity index (χ4n) is 2.94. The van der Waals surface area contributed by atoms with E-state index in [0.29, 0.717) is 6.54 Å². The van der Waals surface area contributed by atoms with Gasteiger partial charge in [0, 0.05) is 24.5 Å². The van der Waals surface area contributed by atoms with Crippen LogP contribution in [-0.2, 0) is 12.7 Å². The number of hydrogen-bond acceptors (Lipinski definition) is 4. The Labute approximate surface area is 153 Å². The van der Waals surface area contributed by atoms with Gasteiger partial charge in [0.25, 0.3) is 0 Å². The predicted molar refractivity (Wildman–Crippen MR) is 94.0 cm³/mol. The topological polar surface area (TPSA) is 57.3 Å². The van der Waals surface area contributed by atoms with Gasteiger partial charge in [-0.05, 0) is 24.9 Å². The lowest BCUT2D eigenvalue weighted by Crippen LogP contribution is -2.48. The number of nitrogens with zero attached hydrogens (tertiary/aromatic N) is 2. The molecule has 3 rings (SSSR count). The van der Waals surface area contributed by atoms with E-state index in [2.05, 4.69) is 32.7 Å². The molecule has 1 aliphatic heterocycles. The molecule has 2 N–H and O–H groups in total. The van der Waals surface area contributed by atoms with E-state index < -0.39 is 17.9 Å². The van der Waals surface area contributed by atoms with E-state index in [1.165, 1.54) is 5.56 Å². The molecule has 0 bridgehead atoms. The van der Waals surface area contributed by atoms with Crippen LogP contribution in [0.1, 0.15) is 24.1 Å². The Hall–Kier alpha value is -2.13. The summed E-state index contributed by atoms with van der Waals surface area (Å²) in [4.78, 5) is 17.7. The number of urea groups is 1. The van der Waals surface area contributed by atoms with Gasteiger partial charge in [0.05, 0.1) is 0 Å². The molecular weight excluding hydrogens is 365 g/mol. The molecule has 1 aliphatic rings. The number of amides is 2. The largest absolute Gasteiger partial charge is 0.434 e. The minimum absolute atomic E-state index is 0.0467. The molecule has 1 unspecified atom stereocenters. The zero-order valence-corrected chi connectivity index (χ0v) is 14.7. The van der Waals surface area contributed by atoms with Crippen molar-refractivity contribution in [2.24, 2.45) is 0 Å². The lowest BCUT2D eigenvalue weighted by atomic mass is 10.0. The van der Waals surface area contributed by atoms with Crippen molar-refractivity contribution >= 4 is 22.5 Å². The Morgan fingerprint density at radius 1 is 1.31 bits per heavy atom. The molecule has 0 radical (unpaired) electrons. The second kappa shape index (κ2) is 8.05. The monoisotopic (exact) mass is 384 g/mol. The van der Waals surface area contributed by atoms with Gasteiger partial charge in [-0.1, -0.05) is 30.3 Å². The molecule has 5 nitrogen and oxygen atoms in total. The summed E-state index contributed by atoms with van der Waals surface area (Å²) in [5, 5.41) is 6.03. The minimum Gasteiger partial charge on any atom is -0.334 e. The summed E-state index contributed by atoms with van der Waals surface area (Å²) in [6.45, 7) is 2.46. The Morgan fingerprint density at radius 2 is 2.08 bits per heavy atom. The number of halogens is 3. The number of alkyl halides is 3. The Balaban J connectivity index is 1.50. The molecule has 1 saturated heterocycles. The van der Waals surface area contributed by atoms with Crippen molar-refractivity contribution in [2.45, 2.75) is 31.6 Å². The van der Waals surface area contributed by atoms with Gasteiger partial charge in [0.15, 0.2) is 10.8 Å². The summed E-state index contributed by atoms with van der Waals surface area (Å²) in [6.07, 6.45) is -2.72. The maximum atomic E-state index is 12.5. The van der Waals surface area contributed by atoms with Crippen LogP contribution >= 0.6 is 11.3 Å².